The van der Waals surface area contributed by atoms with E-state index in [0.717, 1.165) is 0 Å². The monoisotopic (exact) mass is 373 g/mol. The predicted octanol–water partition coefficient (Wildman–Crippen LogP) is 2.85. The molecule has 0 radical (unpaired) electrons. The van der Waals surface area contributed by atoms with E-state index in [2.05, 4.69) is 10.3 Å². The van der Waals surface area contributed by atoms with Gasteiger partial charge in [-0.05, 0) is 46.9 Å². The number of nitrogens with one attached hydrogen (secondary N) is 1. The van der Waals surface area contributed by atoms with Gasteiger partial charge >= 0.3 is 5.97 Å². The van der Waals surface area contributed by atoms with Gasteiger partial charge in [0.1, 0.15) is 5.82 Å². The molecule has 1 aromatic carbocycles. The molecular formula is C12H9FIN3O2. The Balaban J connectivity index is 2.38. The van der Waals surface area contributed by atoms with Crippen molar-refractivity contribution < 1.29 is 14.3 Å². The third-order valence-electron chi connectivity index (χ3n) is 2.40. The van der Waals surface area contributed by atoms with Crippen LogP contribution in [0.25, 0.3) is 0 Å². The molecule has 2 rings (SSSR count). The van der Waals surface area contributed by atoms with Crippen LogP contribution in [0.5, 0.6) is 0 Å². The quantitative estimate of drug-likeness (QED) is 0.721. The second-order valence-corrected chi connectivity index (χ2v) is 4.84. The lowest BCUT2D eigenvalue weighted by Crippen LogP contribution is -2.07. The Morgan fingerprint density at radius 2 is 2.16 bits per heavy atom. The highest BCUT2D eigenvalue weighted by Crippen LogP contribution is 2.27. The lowest BCUT2D eigenvalue weighted by atomic mass is 10.2. The van der Waals surface area contributed by atoms with Gasteiger partial charge in [-0.2, -0.15) is 0 Å². The molecule has 0 aliphatic carbocycles. The van der Waals surface area contributed by atoms with E-state index < -0.39 is 5.97 Å². The Bertz CT molecular complexity index is 649. The highest BCUT2D eigenvalue weighted by atomic mass is 127. The summed E-state index contributed by atoms with van der Waals surface area (Å²) in [5, 5.41) is 11.8. The smallest absolute Gasteiger partial charge is 0.337 e. The lowest BCUT2D eigenvalue weighted by molar-refractivity contribution is 0.0698. The minimum Gasteiger partial charge on any atom is -0.478 e. The Morgan fingerprint density at radius 3 is 2.79 bits per heavy atom. The first-order chi connectivity index (χ1) is 8.99. The molecule has 4 N–H and O–H groups in total. The van der Waals surface area contributed by atoms with Crippen molar-refractivity contribution in [2.45, 2.75) is 0 Å². The van der Waals surface area contributed by atoms with Gasteiger partial charge in [-0.25, -0.2) is 14.2 Å². The number of benzene rings is 1. The number of aromatic nitrogens is 1. The number of hydrogen-bond donors (Lipinski definition) is 3. The van der Waals surface area contributed by atoms with Gasteiger partial charge in [0.05, 0.1) is 16.9 Å². The van der Waals surface area contributed by atoms with E-state index in [1.54, 1.807) is 0 Å². The minimum absolute atomic E-state index is 0.0328. The van der Waals surface area contributed by atoms with Gasteiger partial charge in [0, 0.05) is 9.77 Å². The van der Waals surface area contributed by atoms with Crippen LogP contribution in [0.4, 0.5) is 21.6 Å². The van der Waals surface area contributed by atoms with Crippen LogP contribution in [-0.4, -0.2) is 16.1 Å². The number of carbonyl (C=O) groups is 1. The molecule has 1 heterocycles. The fourth-order valence-corrected chi connectivity index (χ4v) is 2.09. The zero-order valence-corrected chi connectivity index (χ0v) is 11.7. The number of anilines is 3. The van der Waals surface area contributed by atoms with Crippen LogP contribution in [0.2, 0.25) is 0 Å². The molecule has 0 saturated heterocycles. The molecule has 1 aromatic heterocycles. The average Bonchev–Trinajstić information content (AvgIpc) is 2.34. The van der Waals surface area contributed by atoms with E-state index in [4.69, 9.17) is 10.8 Å². The van der Waals surface area contributed by atoms with E-state index in [9.17, 15) is 9.18 Å². The van der Waals surface area contributed by atoms with Crippen molar-refractivity contribution in [3.05, 3.63) is 45.4 Å². The number of hydrogen-bond acceptors (Lipinski definition) is 4. The van der Waals surface area contributed by atoms with Gasteiger partial charge in [0.25, 0.3) is 0 Å². The topological polar surface area (TPSA) is 88.2 Å². The first-order valence-corrected chi connectivity index (χ1v) is 6.26. The molecular weight excluding hydrogens is 364 g/mol. The van der Waals surface area contributed by atoms with E-state index in [-0.39, 0.29) is 22.9 Å². The molecule has 7 heteroatoms. The van der Waals surface area contributed by atoms with Gasteiger partial charge in [-0.1, -0.05) is 0 Å². The maximum Gasteiger partial charge on any atom is 0.337 e. The van der Waals surface area contributed by atoms with Crippen LogP contribution >= 0.6 is 22.6 Å². The standard InChI is InChI=1S/C12H9FIN3O2/c13-6-1-2-9(8(14)5-6)17-11-10(15)7(12(18)19)3-4-16-11/h1-5H,15H2,(H,16,17)(H,18,19). The zero-order valence-electron chi connectivity index (χ0n) is 9.52. The van der Waals surface area contributed by atoms with Crippen molar-refractivity contribution in [3.63, 3.8) is 0 Å². The average molecular weight is 373 g/mol. The van der Waals surface area contributed by atoms with E-state index >= 15 is 0 Å². The fourth-order valence-electron chi connectivity index (χ4n) is 1.48. The number of carboxylic acid groups (broad SMARTS) is 1. The van der Waals surface area contributed by atoms with Gasteiger partial charge in [-0.15, -0.1) is 0 Å². The van der Waals surface area contributed by atoms with Gasteiger partial charge in [-0.3, -0.25) is 0 Å². The van der Waals surface area contributed by atoms with Gasteiger partial charge < -0.3 is 16.2 Å². The maximum absolute atomic E-state index is 13.0. The highest BCUT2D eigenvalue weighted by molar-refractivity contribution is 14.1. The van der Waals surface area contributed by atoms with Crippen molar-refractivity contribution in [2.24, 2.45) is 0 Å². The molecule has 0 bridgehead atoms. The molecule has 0 unspecified atom stereocenters. The third kappa shape index (κ3) is 2.92. The summed E-state index contributed by atoms with van der Waals surface area (Å²) in [6.45, 7) is 0. The maximum atomic E-state index is 13.0. The second-order valence-electron chi connectivity index (χ2n) is 3.68. The number of halogens is 2. The van der Waals surface area contributed by atoms with Crippen molar-refractivity contribution in [1.29, 1.82) is 0 Å². The van der Waals surface area contributed by atoms with Crippen LogP contribution in [-0.2, 0) is 0 Å². The molecule has 0 aliphatic rings. The van der Waals surface area contributed by atoms with Crippen LogP contribution in [0.15, 0.2) is 30.5 Å². The first-order valence-electron chi connectivity index (χ1n) is 5.19. The number of rotatable bonds is 3. The summed E-state index contributed by atoms with van der Waals surface area (Å²) in [6, 6.07) is 5.49. The molecule has 5 nitrogen and oxygen atoms in total. The summed E-state index contributed by atoms with van der Waals surface area (Å²) in [5.74, 6) is -1.25. The predicted molar refractivity (Wildman–Crippen MR) is 78.0 cm³/mol. The number of nitrogen functional groups attached to an aromatic ring is 1. The summed E-state index contributed by atoms with van der Waals surface area (Å²) >= 11 is 1.96. The van der Waals surface area contributed by atoms with E-state index in [1.165, 1.54) is 30.5 Å². The van der Waals surface area contributed by atoms with Crippen molar-refractivity contribution in [2.75, 3.05) is 11.1 Å². The van der Waals surface area contributed by atoms with E-state index in [0.29, 0.717) is 9.26 Å². The van der Waals surface area contributed by atoms with Crippen LogP contribution in [0, 0.1) is 9.39 Å². The molecule has 0 aliphatic heterocycles. The largest absolute Gasteiger partial charge is 0.478 e. The second kappa shape index (κ2) is 5.39. The summed E-state index contributed by atoms with van der Waals surface area (Å²) < 4.78 is 13.6. The van der Waals surface area contributed by atoms with Crippen molar-refractivity contribution in [3.8, 4) is 0 Å². The molecule has 2 aromatic rings. The zero-order chi connectivity index (χ0) is 14.0. The first kappa shape index (κ1) is 13.5. The molecule has 0 amide bonds. The molecule has 0 spiro atoms. The Hall–Kier alpha value is -1.90. The van der Waals surface area contributed by atoms with Crippen LogP contribution in [0.3, 0.4) is 0 Å². The molecule has 0 saturated carbocycles. The molecule has 19 heavy (non-hydrogen) atoms. The molecule has 0 atom stereocenters. The Kier molecular flexibility index (Phi) is 3.84. The Morgan fingerprint density at radius 1 is 1.42 bits per heavy atom. The SMILES string of the molecule is Nc1c(C(=O)O)ccnc1Nc1ccc(F)cc1I. The third-order valence-corrected chi connectivity index (χ3v) is 3.30. The summed E-state index contributed by atoms with van der Waals surface area (Å²) in [4.78, 5) is 14.9. The van der Waals surface area contributed by atoms with Crippen molar-refractivity contribution in [1.82, 2.24) is 4.98 Å². The summed E-state index contributed by atoms with van der Waals surface area (Å²) in [6.07, 6.45) is 1.35. The number of nitrogens with zero attached hydrogens (tertiary/aromatic N) is 1. The molecule has 98 valence electrons. The lowest BCUT2D eigenvalue weighted by Gasteiger charge is -2.11. The minimum atomic E-state index is -1.13. The number of aromatic carboxylic acids is 1. The van der Waals surface area contributed by atoms with Crippen molar-refractivity contribution >= 4 is 45.8 Å². The number of nitrogens with two attached hydrogens (primary N) is 1. The van der Waals surface area contributed by atoms with Crippen LogP contribution in [0.1, 0.15) is 10.4 Å². The van der Waals surface area contributed by atoms with Gasteiger partial charge in [0.2, 0.25) is 0 Å². The van der Waals surface area contributed by atoms with E-state index in [1.807, 2.05) is 22.6 Å². The Labute approximate surface area is 121 Å². The van der Waals surface area contributed by atoms with Gasteiger partial charge in [0.15, 0.2) is 5.82 Å². The summed E-state index contributed by atoms with van der Waals surface area (Å²) in [7, 11) is 0. The summed E-state index contributed by atoms with van der Waals surface area (Å²) in [5.41, 5.74) is 6.33. The number of carboxylic acids is 1. The highest BCUT2D eigenvalue weighted by Gasteiger charge is 2.13. The molecule has 0 fully saturated rings. The number of pyridine rings is 1. The normalized spacial score (nSPS) is 10.2. The van der Waals surface area contributed by atoms with Crippen LogP contribution < -0.4 is 11.1 Å². The fraction of sp³-hybridized carbons (Fsp3) is 0.